The van der Waals surface area contributed by atoms with Gasteiger partial charge in [0.2, 0.25) is 0 Å². The van der Waals surface area contributed by atoms with E-state index >= 15 is 8.78 Å². The Morgan fingerprint density at radius 2 is 0.798 bits per heavy atom. The molecule has 84 heavy (non-hydrogen) atoms. The lowest BCUT2D eigenvalue weighted by molar-refractivity contribution is 0.622. The van der Waals surface area contributed by atoms with E-state index in [-0.39, 0.29) is 17.6 Å². The van der Waals surface area contributed by atoms with Crippen LogP contribution >= 0.6 is 0 Å². The van der Waals surface area contributed by atoms with Crippen molar-refractivity contribution in [3.63, 3.8) is 0 Å². The molecule has 0 fully saturated rings. The van der Waals surface area contributed by atoms with Crippen LogP contribution in [0.4, 0.5) is 31.5 Å². The molecule has 8 aromatic carbocycles. The standard InChI is InChI=1S/C76H76F2N2Si4/c1-81(2,3)59-35-21-51(22-36-59)57-33-47-71(65(49-57)53-25-39-61(40-26-53)83(7,8)9)79(73-19-15-13-17-67(73)77)69-45-31-55-30-44-64-70(46-32-56-29-43-63(69)75(55)76(56)64)80(74-20-16-14-18-68(74)78)72-48-34-58(52-23-37-60(38-24-52)82(4,5)6)50-66(72)54-27-41-62(42-28-54)84(10,11)12/h13-50,69,76H,1-12H3. The van der Waals surface area contributed by atoms with Crippen LogP contribution in [0.3, 0.4) is 0 Å². The van der Waals surface area contributed by atoms with Crippen molar-refractivity contribution in [1.82, 2.24) is 0 Å². The lowest BCUT2D eigenvalue weighted by Crippen LogP contribution is -2.38. The van der Waals surface area contributed by atoms with Crippen molar-refractivity contribution < 1.29 is 8.78 Å². The summed E-state index contributed by atoms with van der Waals surface area (Å²) in [7, 11) is -6.30. The van der Waals surface area contributed by atoms with E-state index in [4.69, 9.17) is 0 Å². The van der Waals surface area contributed by atoms with Gasteiger partial charge in [-0.05, 0) is 116 Å². The second-order valence-corrected chi connectivity index (χ2v) is 47.6. The zero-order valence-corrected chi connectivity index (χ0v) is 54.7. The monoisotopic (exact) mass is 1170 g/mol. The molecule has 8 aromatic rings. The molecule has 0 heterocycles. The van der Waals surface area contributed by atoms with E-state index in [9.17, 15) is 0 Å². The summed E-state index contributed by atoms with van der Waals surface area (Å²) >= 11 is 0. The van der Waals surface area contributed by atoms with Crippen LogP contribution in [0.1, 0.15) is 0 Å². The van der Waals surface area contributed by atoms with Crippen molar-refractivity contribution in [2.24, 2.45) is 5.92 Å². The van der Waals surface area contributed by atoms with E-state index in [2.05, 4.69) is 270 Å². The summed E-state index contributed by atoms with van der Waals surface area (Å²) in [5.74, 6) is -0.789. The molecule has 2 unspecified atom stereocenters. The number of hydrogen-bond donors (Lipinski definition) is 0. The molecule has 0 N–H and O–H groups in total. The maximum absolute atomic E-state index is 17.1. The fraction of sp³-hybridized carbons (Fsp3) is 0.184. The zero-order chi connectivity index (χ0) is 59.0. The van der Waals surface area contributed by atoms with Gasteiger partial charge in [0.1, 0.15) is 11.6 Å². The largest absolute Gasteiger partial charge is 0.327 e. The minimum atomic E-state index is -1.63. The van der Waals surface area contributed by atoms with Crippen LogP contribution in [0.2, 0.25) is 78.6 Å². The van der Waals surface area contributed by atoms with Gasteiger partial charge in [-0.2, -0.15) is 0 Å². The first-order chi connectivity index (χ1) is 40.0. The van der Waals surface area contributed by atoms with Crippen molar-refractivity contribution in [3.05, 3.63) is 276 Å². The minimum absolute atomic E-state index is 0.187. The molecule has 8 heteroatoms. The molecule has 0 bridgehead atoms. The van der Waals surface area contributed by atoms with Gasteiger partial charge in [0.05, 0.1) is 61.1 Å². The van der Waals surface area contributed by atoms with E-state index in [0.717, 1.165) is 83.9 Å². The van der Waals surface area contributed by atoms with E-state index in [1.54, 1.807) is 24.3 Å². The van der Waals surface area contributed by atoms with Crippen molar-refractivity contribution in [3.8, 4) is 44.5 Å². The van der Waals surface area contributed by atoms with Crippen molar-refractivity contribution in [1.29, 1.82) is 0 Å². The van der Waals surface area contributed by atoms with E-state index in [0.29, 0.717) is 11.4 Å². The summed E-state index contributed by atoms with van der Waals surface area (Å²) in [6.45, 7) is 28.6. The number of benzene rings is 8. The van der Waals surface area contributed by atoms with Gasteiger partial charge >= 0.3 is 0 Å². The summed E-state index contributed by atoms with van der Waals surface area (Å²) < 4.78 is 34.1. The van der Waals surface area contributed by atoms with Crippen molar-refractivity contribution >= 4 is 75.8 Å². The summed E-state index contributed by atoms with van der Waals surface area (Å²) in [6, 6.07) is 64.0. The smallest absolute Gasteiger partial charge is 0.147 e. The van der Waals surface area contributed by atoms with Crippen molar-refractivity contribution in [2.75, 3.05) is 9.80 Å². The summed E-state index contributed by atoms with van der Waals surface area (Å²) in [5.41, 5.74) is 18.0. The molecule has 0 saturated carbocycles. The van der Waals surface area contributed by atoms with Gasteiger partial charge in [0.25, 0.3) is 0 Å². The highest BCUT2D eigenvalue weighted by Gasteiger charge is 2.41. The fourth-order valence-corrected chi connectivity index (χ4v) is 17.2. The van der Waals surface area contributed by atoms with Gasteiger partial charge < -0.3 is 9.80 Å². The Morgan fingerprint density at radius 1 is 0.369 bits per heavy atom. The lowest BCUT2D eigenvalue weighted by Gasteiger charge is -2.44. The Bertz CT molecular complexity index is 4110. The average molecular weight is 1170 g/mol. The van der Waals surface area contributed by atoms with Gasteiger partial charge in [0.15, 0.2) is 0 Å². The van der Waals surface area contributed by atoms with Crippen LogP contribution in [-0.4, -0.2) is 38.3 Å². The molecule has 2 atom stereocenters. The quantitative estimate of drug-likeness (QED) is 0.100. The predicted octanol–water partition coefficient (Wildman–Crippen LogP) is 18.9. The number of para-hydroxylation sites is 2. The molecular weight excluding hydrogens is 1090 g/mol. The zero-order valence-electron chi connectivity index (χ0n) is 50.7. The molecule has 0 aromatic heterocycles. The first-order valence-corrected chi connectivity index (χ1v) is 43.8. The molecule has 0 spiro atoms. The Morgan fingerprint density at radius 3 is 1.27 bits per heavy atom. The SMILES string of the molecule is C[Si](C)(C)c1ccc(-c2ccc(N(C3=C4C=CC5=C6C(=CC=C(C=C3)C46)C(N(c3ccccc3F)c3ccc(-c4ccc([Si](C)(C)C)cc4)cc3-c3ccc([Si](C)(C)C)cc3)C=C5)c3ccccc3F)c(-c3ccc([Si](C)(C)C)cc3)c2)cc1. The van der Waals surface area contributed by atoms with Crippen LogP contribution in [0.5, 0.6) is 0 Å². The van der Waals surface area contributed by atoms with Gasteiger partial charge in [-0.15, -0.1) is 0 Å². The maximum atomic E-state index is 17.1. The first kappa shape index (κ1) is 56.7. The fourth-order valence-electron chi connectivity index (χ4n) is 12.5. The molecule has 2 nitrogen and oxygen atoms in total. The minimum Gasteiger partial charge on any atom is -0.327 e. The van der Waals surface area contributed by atoms with E-state index in [1.807, 2.05) is 24.3 Å². The third kappa shape index (κ3) is 10.8. The third-order valence-electron chi connectivity index (χ3n) is 17.5. The van der Waals surface area contributed by atoms with Crippen LogP contribution in [0.25, 0.3) is 44.5 Å². The molecule has 0 amide bonds. The Balaban J connectivity index is 1.01. The molecule has 0 saturated heterocycles. The average Bonchev–Trinajstić information content (AvgIpc) is 0.932. The van der Waals surface area contributed by atoms with E-state index < -0.39 is 38.3 Å². The lowest BCUT2D eigenvalue weighted by atomic mass is 9.67. The molecule has 420 valence electrons. The number of rotatable bonds is 14. The number of hydrogen-bond acceptors (Lipinski definition) is 2. The Hall–Kier alpha value is -7.73. The number of anilines is 4. The molecule has 12 rings (SSSR count). The molecule has 4 aliphatic carbocycles. The van der Waals surface area contributed by atoms with Gasteiger partial charge in [-0.25, -0.2) is 8.78 Å². The summed E-state index contributed by atoms with van der Waals surface area (Å²) in [6.07, 6.45) is 17.9. The van der Waals surface area contributed by atoms with Crippen LogP contribution in [0.15, 0.2) is 264 Å². The highest BCUT2D eigenvalue weighted by atomic mass is 28.3. The van der Waals surface area contributed by atoms with Crippen LogP contribution in [-0.2, 0) is 0 Å². The highest BCUT2D eigenvalue weighted by molar-refractivity contribution is 6.90. The summed E-state index contributed by atoms with van der Waals surface area (Å²) in [4.78, 5) is 4.39. The molecule has 0 radical (unpaired) electrons. The topological polar surface area (TPSA) is 6.48 Å². The van der Waals surface area contributed by atoms with Gasteiger partial charge in [0, 0.05) is 22.7 Å². The normalized spacial score (nSPS) is 16.6. The third-order valence-corrected chi connectivity index (χ3v) is 25.7. The second-order valence-electron chi connectivity index (χ2n) is 27.3. The number of allylic oxidation sites excluding steroid dienone is 10. The van der Waals surface area contributed by atoms with Crippen LogP contribution < -0.4 is 30.5 Å². The predicted molar refractivity (Wildman–Crippen MR) is 369 cm³/mol. The van der Waals surface area contributed by atoms with E-state index in [1.165, 1.54) is 26.3 Å². The second kappa shape index (κ2) is 21.7. The number of nitrogens with zero attached hydrogens (tertiary/aromatic N) is 2. The van der Waals surface area contributed by atoms with Gasteiger partial charge in [-0.1, -0.05) is 275 Å². The van der Waals surface area contributed by atoms with Crippen LogP contribution in [0, 0.1) is 17.6 Å². The van der Waals surface area contributed by atoms with Crippen molar-refractivity contribution in [2.45, 2.75) is 84.6 Å². The Labute approximate surface area is 502 Å². The first-order valence-electron chi connectivity index (χ1n) is 29.8. The Kier molecular flexibility index (Phi) is 14.7. The molecular formula is C76H76F2N2Si4. The molecule has 0 aliphatic heterocycles. The number of halogens is 2. The molecule has 4 aliphatic rings. The summed E-state index contributed by atoms with van der Waals surface area (Å²) in [5, 5.41) is 5.61. The van der Waals surface area contributed by atoms with Gasteiger partial charge in [-0.3, -0.25) is 0 Å². The maximum Gasteiger partial charge on any atom is 0.147 e. The highest BCUT2D eigenvalue weighted by Crippen LogP contribution is 2.53.